The Balaban J connectivity index is 2.07. The molecule has 8 heteroatoms. The number of aryl methyl sites for hydroxylation is 2. The summed E-state index contributed by atoms with van der Waals surface area (Å²) in [4.78, 5) is 22.6. The number of nitrogens with one attached hydrogen (secondary N) is 2. The van der Waals surface area contributed by atoms with Crippen molar-refractivity contribution in [2.75, 3.05) is 5.32 Å². The normalized spacial score (nSPS) is 10.6. The smallest absolute Gasteiger partial charge is 0.353 e. The van der Waals surface area contributed by atoms with Gasteiger partial charge in [0.2, 0.25) is 5.91 Å². The molecule has 0 fully saturated rings. The SMILES string of the molecule is Cc1nn(C)c(C)c1CC(=O)Nc1cc(C(=O)O)[nH]n1. The molecular weight excluding hydrogens is 262 g/mol. The zero-order valence-corrected chi connectivity index (χ0v) is 11.4. The van der Waals surface area contributed by atoms with Crippen LogP contribution in [0.25, 0.3) is 0 Å². The van der Waals surface area contributed by atoms with Crippen molar-refractivity contribution in [2.45, 2.75) is 20.3 Å². The molecule has 0 atom stereocenters. The van der Waals surface area contributed by atoms with Gasteiger partial charge in [-0.1, -0.05) is 0 Å². The van der Waals surface area contributed by atoms with Crippen LogP contribution in [0.15, 0.2) is 6.07 Å². The summed E-state index contributed by atoms with van der Waals surface area (Å²) in [5, 5.41) is 21.6. The maximum Gasteiger partial charge on any atom is 0.353 e. The van der Waals surface area contributed by atoms with E-state index in [0.717, 1.165) is 17.0 Å². The summed E-state index contributed by atoms with van der Waals surface area (Å²) in [7, 11) is 1.82. The molecule has 3 N–H and O–H groups in total. The molecule has 0 radical (unpaired) electrons. The largest absolute Gasteiger partial charge is 0.477 e. The number of carbonyl (C=O) groups excluding carboxylic acids is 1. The van der Waals surface area contributed by atoms with Crippen LogP contribution < -0.4 is 5.32 Å². The number of amides is 1. The van der Waals surface area contributed by atoms with E-state index in [1.54, 1.807) is 4.68 Å². The van der Waals surface area contributed by atoms with Crippen LogP contribution in [0.1, 0.15) is 27.4 Å². The van der Waals surface area contributed by atoms with Crippen molar-refractivity contribution in [1.29, 1.82) is 0 Å². The number of hydrogen-bond acceptors (Lipinski definition) is 4. The lowest BCUT2D eigenvalue weighted by Crippen LogP contribution is -2.15. The van der Waals surface area contributed by atoms with Gasteiger partial charge in [0.1, 0.15) is 5.69 Å². The Hall–Kier alpha value is -2.64. The third-order valence-electron chi connectivity index (χ3n) is 3.07. The highest BCUT2D eigenvalue weighted by Gasteiger charge is 2.15. The van der Waals surface area contributed by atoms with Gasteiger partial charge in [0.05, 0.1) is 12.1 Å². The lowest BCUT2D eigenvalue weighted by molar-refractivity contribution is -0.115. The highest BCUT2D eigenvalue weighted by Crippen LogP contribution is 2.13. The van der Waals surface area contributed by atoms with Crippen molar-refractivity contribution in [3.8, 4) is 0 Å². The van der Waals surface area contributed by atoms with Crippen molar-refractivity contribution in [3.05, 3.63) is 28.7 Å². The van der Waals surface area contributed by atoms with E-state index in [1.165, 1.54) is 6.07 Å². The van der Waals surface area contributed by atoms with Crippen LogP contribution in [-0.4, -0.2) is 37.0 Å². The van der Waals surface area contributed by atoms with Gasteiger partial charge in [0, 0.05) is 24.4 Å². The van der Waals surface area contributed by atoms with Gasteiger partial charge in [-0.15, -0.1) is 0 Å². The lowest BCUT2D eigenvalue weighted by Gasteiger charge is -2.02. The first-order chi connectivity index (χ1) is 9.38. The number of rotatable bonds is 4. The summed E-state index contributed by atoms with van der Waals surface area (Å²) < 4.78 is 1.72. The van der Waals surface area contributed by atoms with E-state index in [1.807, 2.05) is 20.9 Å². The summed E-state index contributed by atoms with van der Waals surface area (Å²) >= 11 is 0. The first-order valence-corrected chi connectivity index (χ1v) is 5.96. The molecule has 106 valence electrons. The predicted molar refractivity (Wildman–Crippen MR) is 70.6 cm³/mol. The van der Waals surface area contributed by atoms with E-state index in [2.05, 4.69) is 20.6 Å². The van der Waals surface area contributed by atoms with Crippen LogP contribution >= 0.6 is 0 Å². The van der Waals surface area contributed by atoms with E-state index in [4.69, 9.17) is 5.11 Å². The van der Waals surface area contributed by atoms with Gasteiger partial charge in [-0.05, 0) is 13.8 Å². The molecule has 0 aromatic carbocycles. The van der Waals surface area contributed by atoms with Crippen molar-refractivity contribution in [1.82, 2.24) is 20.0 Å². The van der Waals surface area contributed by atoms with Gasteiger partial charge >= 0.3 is 5.97 Å². The van der Waals surface area contributed by atoms with Crippen LogP contribution in [0, 0.1) is 13.8 Å². The number of aromatic nitrogens is 4. The molecule has 0 aliphatic rings. The molecular formula is C12H15N5O3. The minimum atomic E-state index is -1.13. The van der Waals surface area contributed by atoms with E-state index >= 15 is 0 Å². The fourth-order valence-electron chi connectivity index (χ4n) is 1.92. The Morgan fingerprint density at radius 3 is 2.65 bits per heavy atom. The summed E-state index contributed by atoms with van der Waals surface area (Å²) in [5.41, 5.74) is 2.51. The van der Waals surface area contributed by atoms with Crippen LogP contribution in [0.2, 0.25) is 0 Å². The maximum atomic E-state index is 11.9. The van der Waals surface area contributed by atoms with Crippen molar-refractivity contribution in [3.63, 3.8) is 0 Å². The molecule has 0 saturated carbocycles. The molecule has 0 bridgehead atoms. The average Bonchev–Trinajstić information content (AvgIpc) is 2.91. The van der Waals surface area contributed by atoms with Crippen LogP contribution in [0.5, 0.6) is 0 Å². The van der Waals surface area contributed by atoms with Gasteiger partial charge in [-0.3, -0.25) is 14.6 Å². The van der Waals surface area contributed by atoms with E-state index in [0.29, 0.717) is 0 Å². The molecule has 0 aliphatic heterocycles. The van der Waals surface area contributed by atoms with Gasteiger partial charge in [-0.25, -0.2) is 4.79 Å². The maximum absolute atomic E-state index is 11.9. The van der Waals surface area contributed by atoms with Crippen molar-refractivity contribution in [2.24, 2.45) is 7.05 Å². The molecule has 1 amide bonds. The molecule has 2 heterocycles. The Labute approximate surface area is 114 Å². The Morgan fingerprint density at radius 2 is 2.15 bits per heavy atom. The number of carboxylic acid groups (broad SMARTS) is 1. The first kappa shape index (κ1) is 13.8. The summed E-state index contributed by atoms with van der Waals surface area (Å²) in [6, 6.07) is 1.27. The van der Waals surface area contributed by atoms with Crippen LogP contribution in [0.3, 0.4) is 0 Å². The number of carbonyl (C=O) groups is 2. The fourth-order valence-corrected chi connectivity index (χ4v) is 1.92. The Bertz CT molecular complexity index is 671. The average molecular weight is 277 g/mol. The number of aromatic carboxylic acids is 1. The molecule has 0 aliphatic carbocycles. The van der Waals surface area contributed by atoms with E-state index in [9.17, 15) is 9.59 Å². The van der Waals surface area contributed by atoms with Gasteiger partial charge in [0.15, 0.2) is 5.82 Å². The molecule has 2 aromatic rings. The molecule has 2 rings (SSSR count). The monoisotopic (exact) mass is 277 g/mol. The number of nitrogens with zero attached hydrogens (tertiary/aromatic N) is 3. The fraction of sp³-hybridized carbons (Fsp3) is 0.333. The van der Waals surface area contributed by atoms with E-state index < -0.39 is 5.97 Å². The quantitative estimate of drug-likeness (QED) is 0.759. The van der Waals surface area contributed by atoms with Gasteiger partial charge < -0.3 is 10.4 Å². The van der Waals surface area contributed by atoms with Crippen molar-refractivity contribution >= 4 is 17.7 Å². The first-order valence-electron chi connectivity index (χ1n) is 5.96. The summed E-state index contributed by atoms with van der Waals surface area (Å²) in [6.45, 7) is 3.73. The summed E-state index contributed by atoms with van der Waals surface area (Å²) in [6.07, 6.45) is 0.167. The second kappa shape index (κ2) is 5.16. The zero-order valence-electron chi connectivity index (χ0n) is 11.4. The molecule has 8 nitrogen and oxygen atoms in total. The number of aromatic amines is 1. The van der Waals surface area contributed by atoms with Crippen LogP contribution in [-0.2, 0) is 18.3 Å². The minimum absolute atomic E-state index is 0.0750. The second-order valence-corrected chi connectivity index (χ2v) is 4.47. The third kappa shape index (κ3) is 2.68. The highest BCUT2D eigenvalue weighted by atomic mass is 16.4. The Kier molecular flexibility index (Phi) is 3.55. The zero-order chi connectivity index (χ0) is 14.9. The Morgan fingerprint density at radius 1 is 1.45 bits per heavy atom. The van der Waals surface area contributed by atoms with Crippen LogP contribution in [0.4, 0.5) is 5.82 Å². The number of anilines is 1. The topological polar surface area (TPSA) is 113 Å². The van der Waals surface area contributed by atoms with E-state index in [-0.39, 0.29) is 23.8 Å². The number of hydrogen-bond donors (Lipinski definition) is 3. The third-order valence-corrected chi connectivity index (χ3v) is 3.07. The van der Waals surface area contributed by atoms with Crippen molar-refractivity contribution < 1.29 is 14.7 Å². The predicted octanol–water partition coefficient (Wildman–Crippen LogP) is 0.639. The standard InChI is InChI=1S/C12H15N5O3/c1-6-8(7(2)17(3)16-6)4-11(18)13-10-5-9(12(19)20)14-15-10/h5H,4H2,1-3H3,(H,19,20)(H2,13,14,15,18). The molecule has 0 unspecified atom stereocenters. The van der Waals surface area contributed by atoms with Gasteiger partial charge in [-0.2, -0.15) is 10.2 Å². The minimum Gasteiger partial charge on any atom is -0.477 e. The second-order valence-electron chi connectivity index (χ2n) is 4.47. The lowest BCUT2D eigenvalue weighted by atomic mass is 10.1. The molecule has 2 aromatic heterocycles. The molecule has 0 spiro atoms. The number of H-pyrrole nitrogens is 1. The molecule has 0 saturated heterocycles. The summed E-state index contributed by atoms with van der Waals surface area (Å²) in [5.74, 6) is -1.21. The molecule has 20 heavy (non-hydrogen) atoms. The number of carboxylic acids is 1. The highest BCUT2D eigenvalue weighted by molar-refractivity contribution is 5.93. The van der Waals surface area contributed by atoms with Gasteiger partial charge in [0.25, 0.3) is 0 Å².